The molecule has 0 radical (unpaired) electrons. The predicted molar refractivity (Wildman–Crippen MR) is 101 cm³/mol. The number of carbonyl (C=O) groups is 2. The first-order valence-electron chi connectivity index (χ1n) is 8.23. The third-order valence-corrected chi connectivity index (χ3v) is 4.02. The topological polar surface area (TPSA) is 76.7 Å². The van der Waals surface area contributed by atoms with Gasteiger partial charge in [0.1, 0.15) is 0 Å². The fourth-order valence-electron chi connectivity index (χ4n) is 2.80. The number of nitrogens with one attached hydrogen (secondary N) is 2. The predicted octanol–water partition coefficient (Wildman–Crippen LogP) is 2.88. The monoisotopic (exact) mass is 356 g/mol. The van der Waals surface area contributed by atoms with Crippen molar-refractivity contribution in [3.8, 4) is 11.5 Å². The van der Waals surface area contributed by atoms with Crippen LogP contribution in [0.4, 0.5) is 5.69 Å². The lowest BCUT2D eigenvalue weighted by Gasteiger charge is -2.13. The first kappa shape index (κ1) is 19.3. The molecular weight excluding hydrogens is 332 g/mol. The molecule has 0 aliphatic rings. The van der Waals surface area contributed by atoms with Crippen LogP contribution in [0, 0.1) is 20.8 Å². The van der Waals surface area contributed by atoms with Gasteiger partial charge in [-0.2, -0.15) is 0 Å². The molecule has 2 rings (SSSR count). The van der Waals surface area contributed by atoms with Gasteiger partial charge in [0.2, 0.25) is 0 Å². The highest BCUT2D eigenvalue weighted by Gasteiger charge is 2.16. The summed E-state index contributed by atoms with van der Waals surface area (Å²) in [6, 6.07) is 9.23. The van der Waals surface area contributed by atoms with Crippen molar-refractivity contribution in [2.24, 2.45) is 0 Å². The third kappa shape index (κ3) is 4.53. The van der Waals surface area contributed by atoms with E-state index in [4.69, 9.17) is 9.47 Å². The van der Waals surface area contributed by atoms with Gasteiger partial charge in [-0.05, 0) is 49.6 Å². The molecule has 0 aliphatic heterocycles. The molecule has 0 bridgehead atoms. The van der Waals surface area contributed by atoms with E-state index in [1.807, 2.05) is 32.9 Å². The van der Waals surface area contributed by atoms with E-state index in [1.54, 1.807) is 32.4 Å². The zero-order valence-corrected chi connectivity index (χ0v) is 15.7. The standard InChI is InChI=1S/C20H24N2O4/c1-12-8-13(2)18(14(3)9-12)22-20(24)19(23)21-11-15-6-7-16(25-4)17(10-15)26-5/h6-10H,11H2,1-5H3,(H,21,23)(H,22,24). The van der Waals surface area contributed by atoms with E-state index in [1.165, 1.54) is 0 Å². The van der Waals surface area contributed by atoms with Crippen molar-refractivity contribution in [3.05, 3.63) is 52.6 Å². The van der Waals surface area contributed by atoms with Crippen LogP contribution in [0.25, 0.3) is 0 Å². The number of methoxy groups -OCH3 is 2. The van der Waals surface area contributed by atoms with Crippen molar-refractivity contribution in [3.63, 3.8) is 0 Å². The molecule has 6 nitrogen and oxygen atoms in total. The highest BCUT2D eigenvalue weighted by molar-refractivity contribution is 6.39. The summed E-state index contributed by atoms with van der Waals surface area (Å²) in [4.78, 5) is 24.3. The molecule has 0 saturated heterocycles. The van der Waals surface area contributed by atoms with Gasteiger partial charge < -0.3 is 20.1 Å². The number of amides is 2. The van der Waals surface area contributed by atoms with Gasteiger partial charge in [-0.15, -0.1) is 0 Å². The van der Waals surface area contributed by atoms with Crippen LogP contribution < -0.4 is 20.1 Å². The number of rotatable bonds is 5. The van der Waals surface area contributed by atoms with Crippen LogP contribution in [0.3, 0.4) is 0 Å². The molecule has 0 spiro atoms. The van der Waals surface area contributed by atoms with E-state index in [2.05, 4.69) is 10.6 Å². The molecule has 2 amide bonds. The van der Waals surface area contributed by atoms with E-state index in [-0.39, 0.29) is 6.54 Å². The van der Waals surface area contributed by atoms with Crippen LogP contribution in [0.15, 0.2) is 30.3 Å². The summed E-state index contributed by atoms with van der Waals surface area (Å²) in [7, 11) is 3.10. The summed E-state index contributed by atoms with van der Waals surface area (Å²) >= 11 is 0. The number of benzene rings is 2. The van der Waals surface area contributed by atoms with Crippen molar-refractivity contribution in [2.45, 2.75) is 27.3 Å². The Bertz CT molecular complexity index is 808. The molecule has 0 unspecified atom stereocenters. The molecule has 2 aromatic rings. The van der Waals surface area contributed by atoms with Gasteiger partial charge in [0.25, 0.3) is 0 Å². The van der Waals surface area contributed by atoms with Crippen LogP contribution in [0.2, 0.25) is 0 Å². The quantitative estimate of drug-likeness (QED) is 0.808. The van der Waals surface area contributed by atoms with Gasteiger partial charge in [0, 0.05) is 12.2 Å². The van der Waals surface area contributed by atoms with Gasteiger partial charge in [-0.25, -0.2) is 0 Å². The number of ether oxygens (including phenoxy) is 2. The van der Waals surface area contributed by atoms with Gasteiger partial charge >= 0.3 is 11.8 Å². The summed E-state index contributed by atoms with van der Waals surface area (Å²) < 4.78 is 10.4. The van der Waals surface area contributed by atoms with E-state index < -0.39 is 11.8 Å². The van der Waals surface area contributed by atoms with Crippen molar-refractivity contribution < 1.29 is 19.1 Å². The first-order chi connectivity index (χ1) is 12.3. The Morgan fingerprint density at radius 2 is 1.50 bits per heavy atom. The minimum atomic E-state index is -0.695. The van der Waals surface area contributed by atoms with E-state index >= 15 is 0 Å². The second-order valence-corrected chi connectivity index (χ2v) is 6.10. The van der Waals surface area contributed by atoms with Crippen LogP contribution in [-0.2, 0) is 16.1 Å². The zero-order chi connectivity index (χ0) is 19.3. The van der Waals surface area contributed by atoms with Crippen molar-refractivity contribution in [2.75, 3.05) is 19.5 Å². The molecular formula is C20H24N2O4. The third-order valence-electron chi connectivity index (χ3n) is 4.02. The van der Waals surface area contributed by atoms with Gasteiger partial charge in [-0.1, -0.05) is 23.8 Å². The van der Waals surface area contributed by atoms with E-state index in [0.717, 1.165) is 22.3 Å². The van der Waals surface area contributed by atoms with Gasteiger partial charge in [0.15, 0.2) is 11.5 Å². The minimum absolute atomic E-state index is 0.207. The fourth-order valence-corrected chi connectivity index (χ4v) is 2.80. The number of hydrogen-bond donors (Lipinski definition) is 2. The van der Waals surface area contributed by atoms with Crippen LogP contribution in [0.5, 0.6) is 11.5 Å². The Kier molecular flexibility index (Phi) is 6.22. The van der Waals surface area contributed by atoms with Crippen LogP contribution in [-0.4, -0.2) is 26.0 Å². The molecule has 0 atom stereocenters. The molecule has 6 heteroatoms. The maximum Gasteiger partial charge on any atom is 0.313 e. The number of aryl methyl sites for hydroxylation is 3. The average Bonchev–Trinajstić information content (AvgIpc) is 2.61. The lowest BCUT2D eigenvalue weighted by molar-refractivity contribution is -0.136. The summed E-state index contributed by atoms with van der Waals surface area (Å²) in [6.45, 7) is 5.99. The average molecular weight is 356 g/mol. The highest BCUT2D eigenvalue weighted by atomic mass is 16.5. The lowest BCUT2D eigenvalue weighted by Crippen LogP contribution is -2.35. The van der Waals surface area contributed by atoms with Gasteiger partial charge in [-0.3, -0.25) is 9.59 Å². The van der Waals surface area contributed by atoms with Crippen molar-refractivity contribution >= 4 is 17.5 Å². The maximum absolute atomic E-state index is 12.2. The maximum atomic E-state index is 12.2. The number of carbonyl (C=O) groups excluding carboxylic acids is 2. The largest absolute Gasteiger partial charge is 0.493 e. The molecule has 2 N–H and O–H groups in total. The molecule has 0 fully saturated rings. The normalized spacial score (nSPS) is 10.2. The minimum Gasteiger partial charge on any atom is -0.493 e. The Balaban J connectivity index is 2.01. The second kappa shape index (κ2) is 8.38. The fraction of sp³-hybridized carbons (Fsp3) is 0.300. The first-order valence-corrected chi connectivity index (χ1v) is 8.23. The SMILES string of the molecule is COc1ccc(CNC(=O)C(=O)Nc2c(C)cc(C)cc2C)cc1OC. The molecule has 138 valence electrons. The molecule has 0 saturated carbocycles. The number of hydrogen-bond acceptors (Lipinski definition) is 4. The molecule has 0 heterocycles. The van der Waals surface area contributed by atoms with Crippen molar-refractivity contribution in [1.82, 2.24) is 5.32 Å². The number of anilines is 1. The molecule has 2 aromatic carbocycles. The second-order valence-electron chi connectivity index (χ2n) is 6.10. The Hall–Kier alpha value is -3.02. The molecule has 0 aromatic heterocycles. The Labute approximate surface area is 153 Å². The summed E-state index contributed by atoms with van der Waals surface area (Å²) in [6.07, 6.45) is 0. The van der Waals surface area contributed by atoms with Crippen LogP contribution >= 0.6 is 0 Å². The summed E-state index contributed by atoms with van der Waals surface area (Å²) in [5.41, 5.74) is 4.41. The Morgan fingerprint density at radius 3 is 2.08 bits per heavy atom. The van der Waals surface area contributed by atoms with E-state index in [9.17, 15) is 9.59 Å². The molecule has 0 aliphatic carbocycles. The lowest BCUT2D eigenvalue weighted by atomic mass is 10.1. The smallest absolute Gasteiger partial charge is 0.313 e. The Morgan fingerprint density at radius 1 is 0.885 bits per heavy atom. The van der Waals surface area contributed by atoms with Crippen molar-refractivity contribution in [1.29, 1.82) is 0 Å². The summed E-state index contributed by atoms with van der Waals surface area (Å²) in [5.74, 6) is -0.222. The zero-order valence-electron chi connectivity index (χ0n) is 15.7. The highest BCUT2D eigenvalue weighted by Crippen LogP contribution is 2.27. The van der Waals surface area contributed by atoms with Gasteiger partial charge in [0.05, 0.1) is 14.2 Å². The van der Waals surface area contributed by atoms with Crippen LogP contribution in [0.1, 0.15) is 22.3 Å². The molecule has 26 heavy (non-hydrogen) atoms. The summed E-state index contributed by atoms with van der Waals surface area (Å²) in [5, 5.41) is 5.30. The van der Waals surface area contributed by atoms with E-state index in [0.29, 0.717) is 17.2 Å².